The standard InChI is InChI=1S/C29H29F6N3O3S/c1-18-12-19-13-23(41-42(39,40)29(33,34)35)8-9-24(19)28(38(18)22-6-3-2-4-7-22)27-25(31)14-20(15-26(27)32)36-21-16-37(17-21)11-5-10-30/h2-4,6-9,13-15,18,21,28,36H,5,10-12,16-17H2,1H3. The fourth-order valence-corrected chi connectivity index (χ4v) is 6.11. The second kappa shape index (κ2) is 11.7. The first-order chi connectivity index (χ1) is 19.9. The molecule has 42 heavy (non-hydrogen) atoms. The van der Waals surface area contributed by atoms with Gasteiger partial charge < -0.3 is 14.4 Å². The monoisotopic (exact) mass is 613 g/mol. The van der Waals surface area contributed by atoms with Gasteiger partial charge in [-0.15, -0.1) is 0 Å². The van der Waals surface area contributed by atoms with Crippen LogP contribution >= 0.6 is 0 Å². The Hall–Kier alpha value is -3.45. The quantitative estimate of drug-likeness (QED) is 0.177. The highest BCUT2D eigenvalue weighted by Gasteiger charge is 2.48. The van der Waals surface area contributed by atoms with Gasteiger partial charge in [-0.2, -0.15) is 21.6 Å². The fraction of sp³-hybridized carbons (Fsp3) is 0.379. The minimum Gasteiger partial charge on any atom is -0.380 e. The molecule has 0 spiro atoms. The van der Waals surface area contributed by atoms with Crippen molar-refractivity contribution in [2.24, 2.45) is 0 Å². The SMILES string of the molecule is CC1Cc2cc(OS(=O)(=O)C(F)(F)F)ccc2C(c2c(F)cc(NC3CN(CCCF)C3)cc2F)N1c1ccccc1. The zero-order chi connectivity index (χ0) is 30.2. The number of para-hydroxylation sites is 1. The number of hydrogen-bond acceptors (Lipinski definition) is 6. The highest BCUT2D eigenvalue weighted by Crippen LogP contribution is 2.44. The lowest BCUT2D eigenvalue weighted by Gasteiger charge is -2.44. The van der Waals surface area contributed by atoms with Crippen LogP contribution in [-0.2, 0) is 16.5 Å². The van der Waals surface area contributed by atoms with Crippen LogP contribution in [0.5, 0.6) is 5.75 Å². The zero-order valence-electron chi connectivity index (χ0n) is 22.5. The van der Waals surface area contributed by atoms with Crippen molar-refractivity contribution in [2.45, 2.75) is 43.4 Å². The number of nitrogens with zero attached hydrogens (tertiary/aromatic N) is 2. The van der Waals surface area contributed by atoms with Gasteiger partial charge in [0, 0.05) is 37.1 Å². The lowest BCUT2D eigenvalue weighted by atomic mass is 9.84. The van der Waals surface area contributed by atoms with Crippen LogP contribution in [0.4, 0.5) is 37.7 Å². The molecule has 0 aromatic heterocycles. The van der Waals surface area contributed by atoms with E-state index in [1.165, 1.54) is 24.3 Å². The van der Waals surface area contributed by atoms with E-state index < -0.39 is 45.7 Å². The summed E-state index contributed by atoms with van der Waals surface area (Å²) in [6.45, 7) is 3.25. The van der Waals surface area contributed by atoms with E-state index in [9.17, 15) is 26.0 Å². The van der Waals surface area contributed by atoms with Gasteiger partial charge in [-0.1, -0.05) is 24.3 Å². The fourth-order valence-electron chi connectivity index (χ4n) is 5.66. The molecule has 1 fully saturated rings. The van der Waals surface area contributed by atoms with E-state index in [0.717, 1.165) is 6.07 Å². The van der Waals surface area contributed by atoms with Crippen LogP contribution in [0.25, 0.3) is 0 Å². The van der Waals surface area contributed by atoms with Crippen LogP contribution < -0.4 is 14.4 Å². The second-order valence-electron chi connectivity index (χ2n) is 10.5. The molecule has 0 amide bonds. The molecule has 2 heterocycles. The molecule has 2 aliphatic heterocycles. The summed E-state index contributed by atoms with van der Waals surface area (Å²) < 4.78 is 110. The first-order valence-corrected chi connectivity index (χ1v) is 14.8. The van der Waals surface area contributed by atoms with Gasteiger partial charge >= 0.3 is 15.6 Å². The number of rotatable bonds is 9. The molecule has 2 atom stereocenters. The molecule has 13 heteroatoms. The summed E-state index contributed by atoms with van der Waals surface area (Å²) in [5.41, 5.74) is -4.15. The smallest absolute Gasteiger partial charge is 0.380 e. The summed E-state index contributed by atoms with van der Waals surface area (Å²) in [5.74, 6) is -2.19. The number of halogens is 6. The van der Waals surface area contributed by atoms with Crippen LogP contribution in [0.3, 0.4) is 0 Å². The third kappa shape index (κ3) is 6.03. The van der Waals surface area contributed by atoms with Crippen LogP contribution in [0.2, 0.25) is 0 Å². The number of anilines is 2. The molecule has 6 nitrogen and oxygen atoms in total. The Labute approximate surface area is 240 Å². The molecule has 1 saturated heterocycles. The molecule has 1 N–H and O–H groups in total. The molecule has 3 aromatic rings. The number of nitrogens with one attached hydrogen (secondary N) is 1. The van der Waals surface area contributed by atoms with Crippen LogP contribution in [0.1, 0.15) is 36.1 Å². The van der Waals surface area contributed by atoms with Crippen molar-refractivity contribution in [3.05, 3.63) is 89.0 Å². The zero-order valence-corrected chi connectivity index (χ0v) is 23.4. The van der Waals surface area contributed by atoms with Gasteiger partial charge in [-0.3, -0.25) is 9.29 Å². The number of alkyl halides is 4. The summed E-state index contributed by atoms with van der Waals surface area (Å²) in [6.07, 6.45) is 0.670. The van der Waals surface area contributed by atoms with Crippen molar-refractivity contribution in [3.8, 4) is 5.75 Å². The van der Waals surface area contributed by atoms with E-state index in [-0.39, 0.29) is 29.8 Å². The Bertz CT molecular complexity index is 1510. The molecule has 2 aliphatic rings. The van der Waals surface area contributed by atoms with Crippen LogP contribution in [-0.4, -0.2) is 57.2 Å². The lowest BCUT2D eigenvalue weighted by Crippen LogP contribution is -2.54. The van der Waals surface area contributed by atoms with Crippen molar-refractivity contribution in [1.82, 2.24) is 4.90 Å². The van der Waals surface area contributed by atoms with E-state index in [1.807, 2.05) is 9.80 Å². The topological polar surface area (TPSA) is 61.9 Å². The van der Waals surface area contributed by atoms with Gasteiger partial charge in [0.1, 0.15) is 17.4 Å². The molecule has 0 saturated carbocycles. The maximum absolute atomic E-state index is 15.9. The average molecular weight is 614 g/mol. The molecule has 5 rings (SSSR count). The molecule has 0 radical (unpaired) electrons. The Balaban J connectivity index is 1.51. The molecular formula is C29H29F6N3O3S. The summed E-state index contributed by atoms with van der Waals surface area (Å²) in [7, 11) is -5.90. The highest BCUT2D eigenvalue weighted by molar-refractivity contribution is 7.88. The van der Waals surface area contributed by atoms with E-state index in [2.05, 4.69) is 9.50 Å². The van der Waals surface area contributed by atoms with E-state index in [1.54, 1.807) is 37.3 Å². The Morgan fingerprint density at radius 2 is 1.67 bits per heavy atom. The molecule has 3 aromatic carbocycles. The first-order valence-electron chi connectivity index (χ1n) is 13.4. The maximum atomic E-state index is 15.9. The summed E-state index contributed by atoms with van der Waals surface area (Å²) in [5, 5.41) is 3.11. The molecular weight excluding hydrogens is 584 g/mol. The van der Waals surface area contributed by atoms with Gasteiger partial charge in [-0.25, -0.2) is 8.78 Å². The minimum absolute atomic E-state index is 0.0445. The molecule has 2 unspecified atom stereocenters. The lowest BCUT2D eigenvalue weighted by molar-refractivity contribution is -0.0500. The number of hydrogen-bond donors (Lipinski definition) is 1. The van der Waals surface area contributed by atoms with Gasteiger partial charge in [-0.05, 0) is 67.3 Å². The number of likely N-dealkylation sites (tertiary alicyclic amines) is 1. The van der Waals surface area contributed by atoms with E-state index in [4.69, 9.17) is 0 Å². The summed E-state index contributed by atoms with van der Waals surface area (Å²) >= 11 is 0. The van der Waals surface area contributed by atoms with E-state index in [0.29, 0.717) is 42.9 Å². The minimum atomic E-state index is -5.90. The van der Waals surface area contributed by atoms with Crippen molar-refractivity contribution < 1.29 is 38.9 Å². The van der Waals surface area contributed by atoms with Crippen molar-refractivity contribution in [3.63, 3.8) is 0 Å². The normalized spacial score (nSPS) is 19.7. The second-order valence-corrected chi connectivity index (χ2v) is 12.1. The number of fused-ring (bicyclic) bond motifs is 1. The van der Waals surface area contributed by atoms with Crippen LogP contribution in [0.15, 0.2) is 60.7 Å². The number of benzene rings is 3. The van der Waals surface area contributed by atoms with Crippen molar-refractivity contribution in [2.75, 3.05) is 36.5 Å². The first kappa shape index (κ1) is 30.0. The van der Waals surface area contributed by atoms with Crippen molar-refractivity contribution >= 4 is 21.5 Å². The maximum Gasteiger partial charge on any atom is 0.534 e. The summed E-state index contributed by atoms with van der Waals surface area (Å²) in [4.78, 5) is 3.87. The van der Waals surface area contributed by atoms with E-state index >= 15 is 8.78 Å². The van der Waals surface area contributed by atoms with Gasteiger partial charge in [0.15, 0.2) is 0 Å². The largest absolute Gasteiger partial charge is 0.534 e. The van der Waals surface area contributed by atoms with Gasteiger partial charge in [0.2, 0.25) is 0 Å². The average Bonchev–Trinajstić information content (AvgIpc) is 2.89. The molecule has 0 aliphatic carbocycles. The Kier molecular flexibility index (Phi) is 8.35. The molecule has 226 valence electrons. The summed E-state index contributed by atoms with van der Waals surface area (Å²) in [6, 6.07) is 13.5. The van der Waals surface area contributed by atoms with Crippen molar-refractivity contribution in [1.29, 1.82) is 0 Å². The third-order valence-corrected chi connectivity index (χ3v) is 8.49. The van der Waals surface area contributed by atoms with Gasteiger partial charge in [0.25, 0.3) is 0 Å². The highest BCUT2D eigenvalue weighted by atomic mass is 32.2. The Morgan fingerprint density at radius 3 is 2.29 bits per heavy atom. The third-order valence-electron chi connectivity index (χ3n) is 7.51. The molecule has 0 bridgehead atoms. The van der Waals surface area contributed by atoms with Crippen LogP contribution in [0, 0.1) is 11.6 Å². The Morgan fingerprint density at radius 1 is 1.00 bits per heavy atom. The predicted molar refractivity (Wildman–Crippen MR) is 147 cm³/mol. The predicted octanol–water partition coefficient (Wildman–Crippen LogP) is 6.19. The van der Waals surface area contributed by atoms with Gasteiger partial charge in [0.05, 0.1) is 24.3 Å².